The molecule has 1 radical (unpaired) electrons. The molecule has 5 rings (SSSR count). The number of anilines is 1. The van der Waals surface area contributed by atoms with E-state index in [9.17, 15) is 0 Å². The molecule has 3 heterocycles. The van der Waals surface area contributed by atoms with Crippen LogP contribution in [-0.2, 0) is 0 Å². The molecule has 6 heteroatoms. The van der Waals surface area contributed by atoms with Gasteiger partial charge in [0.05, 0.1) is 11.4 Å². The summed E-state index contributed by atoms with van der Waals surface area (Å²) in [6.45, 7) is 6.26. The lowest BCUT2D eigenvalue weighted by Gasteiger charge is -2.35. The van der Waals surface area contributed by atoms with E-state index in [2.05, 4.69) is 59.1 Å². The third kappa shape index (κ3) is 4.87. The molecule has 1 aliphatic rings. The number of hydrogen-bond acceptors (Lipinski definition) is 6. The average Bonchev–Trinajstić information content (AvgIpc) is 2.87. The third-order valence-corrected chi connectivity index (χ3v) is 6.11. The minimum absolute atomic E-state index is 0.685. The molecule has 1 saturated heterocycles. The van der Waals surface area contributed by atoms with Gasteiger partial charge in [-0.15, -0.1) is 0 Å². The lowest BCUT2D eigenvalue weighted by Crippen LogP contribution is -2.48. The van der Waals surface area contributed by atoms with Crippen molar-refractivity contribution < 1.29 is 0 Å². The molecule has 4 aromatic rings. The molecular weight excluding hydrogens is 408 g/mol. The van der Waals surface area contributed by atoms with Crippen LogP contribution in [-0.4, -0.2) is 78.1 Å². The van der Waals surface area contributed by atoms with Gasteiger partial charge in [0.2, 0.25) is 0 Å². The highest BCUT2D eigenvalue weighted by molar-refractivity contribution is 5.85. The summed E-state index contributed by atoms with van der Waals surface area (Å²) in [5, 5.41) is 0. The highest BCUT2D eigenvalue weighted by Crippen LogP contribution is 2.31. The number of benzene rings is 2. The highest BCUT2D eigenvalue weighted by Gasteiger charge is 2.19. The Hall–Kier alpha value is -3.35. The molecule has 167 valence electrons. The zero-order chi connectivity index (χ0) is 22.6. The van der Waals surface area contributed by atoms with Gasteiger partial charge in [-0.3, -0.25) is 4.90 Å². The van der Waals surface area contributed by atoms with Crippen LogP contribution in [0.1, 0.15) is 0 Å². The summed E-state index contributed by atoms with van der Waals surface area (Å²) in [6.07, 6.45) is 0. The fraction of sp³-hybridized carbons (Fsp3) is 0.296. The van der Waals surface area contributed by atoms with Crippen LogP contribution < -0.4 is 4.90 Å². The predicted molar refractivity (Wildman–Crippen MR) is 134 cm³/mol. The molecule has 0 saturated carbocycles. The number of fused-ring (bicyclic) bond motifs is 1. The van der Waals surface area contributed by atoms with Gasteiger partial charge in [-0.05, 0) is 32.3 Å². The summed E-state index contributed by atoms with van der Waals surface area (Å²) >= 11 is 0. The first-order chi connectivity index (χ1) is 16.2. The normalized spacial score (nSPS) is 14.8. The van der Waals surface area contributed by atoms with E-state index in [0.29, 0.717) is 5.65 Å². The van der Waals surface area contributed by atoms with E-state index in [1.165, 1.54) is 0 Å². The number of hydrogen-bond donors (Lipinski definition) is 0. The summed E-state index contributed by atoms with van der Waals surface area (Å²) in [4.78, 5) is 22.1. The topological polar surface area (TPSA) is 48.4 Å². The Labute approximate surface area is 195 Å². The van der Waals surface area contributed by atoms with E-state index in [1.54, 1.807) is 0 Å². The van der Waals surface area contributed by atoms with Crippen molar-refractivity contribution in [3.63, 3.8) is 0 Å². The zero-order valence-corrected chi connectivity index (χ0v) is 19.3. The molecule has 0 spiro atoms. The number of likely N-dealkylation sites (N-methyl/N-ethyl adjacent to an activating group) is 1. The molecule has 0 bridgehead atoms. The van der Waals surface area contributed by atoms with E-state index in [-0.39, 0.29) is 0 Å². The largest absolute Gasteiger partial charge is 0.354 e. The summed E-state index contributed by atoms with van der Waals surface area (Å²) < 4.78 is 0. The zero-order valence-electron chi connectivity index (χ0n) is 19.3. The van der Waals surface area contributed by atoms with E-state index in [4.69, 9.17) is 15.0 Å². The van der Waals surface area contributed by atoms with E-state index in [0.717, 1.165) is 73.1 Å². The fourth-order valence-corrected chi connectivity index (χ4v) is 4.19. The molecule has 1 fully saturated rings. The number of piperazine rings is 1. The van der Waals surface area contributed by atoms with Crippen LogP contribution in [0.4, 0.5) is 5.82 Å². The lowest BCUT2D eigenvalue weighted by atomic mass is 10.0. The smallest absolute Gasteiger partial charge is 0.180 e. The molecule has 0 atom stereocenters. The van der Waals surface area contributed by atoms with Crippen LogP contribution in [0, 0.1) is 6.07 Å². The SMILES string of the molecule is CN(C)CCN1CCN(c2ccc3nc(-c4ccccc4)c(-c4cc[c]cc4)nc3n2)CC1. The van der Waals surface area contributed by atoms with Crippen molar-refractivity contribution in [2.24, 2.45) is 0 Å². The van der Waals surface area contributed by atoms with Crippen LogP contribution in [0.25, 0.3) is 33.7 Å². The van der Waals surface area contributed by atoms with Gasteiger partial charge >= 0.3 is 0 Å². The van der Waals surface area contributed by atoms with Crippen LogP contribution >= 0.6 is 0 Å². The molecule has 0 N–H and O–H groups in total. The minimum Gasteiger partial charge on any atom is -0.354 e. The quantitative estimate of drug-likeness (QED) is 0.457. The fourth-order valence-electron chi connectivity index (χ4n) is 4.19. The monoisotopic (exact) mass is 437 g/mol. The van der Waals surface area contributed by atoms with Crippen LogP contribution in [0.2, 0.25) is 0 Å². The van der Waals surface area contributed by atoms with Gasteiger partial charge < -0.3 is 9.80 Å². The summed E-state index contributed by atoms with van der Waals surface area (Å²) in [5.74, 6) is 0.976. The Morgan fingerprint density at radius 2 is 1.48 bits per heavy atom. The predicted octanol–water partition coefficient (Wildman–Crippen LogP) is 3.84. The van der Waals surface area contributed by atoms with Crippen LogP contribution in [0.5, 0.6) is 0 Å². The molecule has 2 aromatic carbocycles. The first-order valence-corrected chi connectivity index (χ1v) is 11.5. The maximum Gasteiger partial charge on any atom is 0.180 e. The number of pyridine rings is 1. The molecule has 0 amide bonds. The summed E-state index contributed by atoms with van der Waals surface area (Å²) in [6, 6.07) is 25.3. The second kappa shape index (κ2) is 9.65. The van der Waals surface area contributed by atoms with Gasteiger partial charge in [-0.2, -0.15) is 0 Å². The molecule has 0 unspecified atom stereocenters. The molecular formula is C27H29N6. The van der Waals surface area contributed by atoms with Crippen molar-refractivity contribution in [2.75, 3.05) is 58.3 Å². The van der Waals surface area contributed by atoms with Gasteiger partial charge in [0.25, 0.3) is 0 Å². The summed E-state index contributed by atoms with van der Waals surface area (Å²) in [7, 11) is 4.25. The number of rotatable bonds is 6. The number of nitrogens with zero attached hydrogens (tertiary/aromatic N) is 6. The lowest BCUT2D eigenvalue weighted by molar-refractivity contribution is 0.229. The maximum absolute atomic E-state index is 5.01. The summed E-state index contributed by atoms with van der Waals surface area (Å²) in [5.41, 5.74) is 5.29. The van der Waals surface area contributed by atoms with Crippen molar-refractivity contribution in [1.82, 2.24) is 24.8 Å². The van der Waals surface area contributed by atoms with Crippen LogP contribution in [0.3, 0.4) is 0 Å². The van der Waals surface area contributed by atoms with Crippen molar-refractivity contribution in [1.29, 1.82) is 0 Å². The van der Waals surface area contributed by atoms with Crippen molar-refractivity contribution >= 4 is 17.0 Å². The Morgan fingerprint density at radius 1 is 0.788 bits per heavy atom. The molecule has 33 heavy (non-hydrogen) atoms. The Morgan fingerprint density at radius 3 is 2.21 bits per heavy atom. The second-order valence-electron chi connectivity index (χ2n) is 8.72. The Bertz CT molecular complexity index is 1200. The Balaban J connectivity index is 1.46. The molecule has 2 aromatic heterocycles. The van der Waals surface area contributed by atoms with Crippen molar-refractivity contribution in [3.8, 4) is 22.5 Å². The molecule has 6 nitrogen and oxygen atoms in total. The van der Waals surface area contributed by atoms with Crippen molar-refractivity contribution in [2.45, 2.75) is 0 Å². The molecule has 0 aliphatic carbocycles. The van der Waals surface area contributed by atoms with Gasteiger partial charge in [0, 0.05) is 50.4 Å². The average molecular weight is 438 g/mol. The first kappa shape index (κ1) is 21.5. The molecule has 1 aliphatic heterocycles. The highest BCUT2D eigenvalue weighted by atomic mass is 15.3. The Kier molecular flexibility index (Phi) is 6.28. The van der Waals surface area contributed by atoms with E-state index in [1.807, 2.05) is 42.5 Å². The van der Waals surface area contributed by atoms with Gasteiger partial charge in [0.15, 0.2) is 5.65 Å². The van der Waals surface area contributed by atoms with Gasteiger partial charge in [0.1, 0.15) is 11.3 Å². The van der Waals surface area contributed by atoms with E-state index < -0.39 is 0 Å². The minimum atomic E-state index is 0.685. The van der Waals surface area contributed by atoms with Gasteiger partial charge in [-0.25, -0.2) is 15.0 Å². The third-order valence-electron chi connectivity index (χ3n) is 6.11. The van der Waals surface area contributed by atoms with E-state index >= 15 is 0 Å². The van der Waals surface area contributed by atoms with Crippen molar-refractivity contribution in [3.05, 3.63) is 72.8 Å². The van der Waals surface area contributed by atoms with Gasteiger partial charge in [-0.1, -0.05) is 54.6 Å². The number of aromatic nitrogens is 3. The maximum atomic E-state index is 5.01. The second-order valence-corrected chi connectivity index (χ2v) is 8.72. The van der Waals surface area contributed by atoms with Crippen LogP contribution in [0.15, 0.2) is 66.7 Å². The standard InChI is InChI=1S/C27H29N6/c1-31(2)15-16-32-17-19-33(20-18-32)24-14-13-23-27(29-24)30-26(22-11-7-4-8-12-22)25(28-23)21-9-5-3-6-10-21/h3,5-14H,15-20H2,1-2H3. The first-order valence-electron chi connectivity index (χ1n) is 11.5.